The molecule has 3 aromatic heterocycles. The maximum atomic E-state index is 5.96. The van der Waals surface area contributed by atoms with E-state index < -0.39 is 0 Å². The molecule has 0 N–H and O–H groups in total. The van der Waals surface area contributed by atoms with Crippen molar-refractivity contribution in [1.29, 1.82) is 0 Å². The van der Waals surface area contributed by atoms with Gasteiger partial charge in [0.2, 0.25) is 0 Å². The third-order valence-electron chi connectivity index (χ3n) is 2.72. The van der Waals surface area contributed by atoms with E-state index in [-0.39, 0.29) is 0 Å². The summed E-state index contributed by atoms with van der Waals surface area (Å²) in [5.41, 5.74) is 4.71. The Balaban J connectivity index is 2.13. The predicted octanol–water partition coefficient (Wildman–Crippen LogP) is 2.98. The first-order valence-electron chi connectivity index (χ1n) is 5.53. The molecule has 0 atom stereocenters. The summed E-state index contributed by atoms with van der Waals surface area (Å²) in [5.74, 6) is 1.23. The molecule has 0 saturated heterocycles. The van der Waals surface area contributed by atoms with Crippen LogP contribution in [0.1, 0.15) is 16.3 Å². The van der Waals surface area contributed by atoms with Crippen LogP contribution >= 0.6 is 22.9 Å². The average molecular weight is 279 g/mol. The molecule has 3 heterocycles. The number of aromatic nitrogens is 4. The Hall–Kier alpha value is -1.46. The first-order valence-corrected chi connectivity index (χ1v) is 6.94. The van der Waals surface area contributed by atoms with Gasteiger partial charge in [0.15, 0.2) is 5.65 Å². The van der Waals surface area contributed by atoms with Gasteiger partial charge in [-0.1, -0.05) is 0 Å². The molecular formula is C12H11ClN4S. The van der Waals surface area contributed by atoms with Crippen LogP contribution in [-0.4, -0.2) is 19.5 Å². The number of hydrogen-bond acceptors (Lipinski definition) is 4. The van der Waals surface area contributed by atoms with E-state index in [1.807, 2.05) is 30.9 Å². The zero-order valence-electron chi connectivity index (χ0n) is 9.80. The number of hydrogen-bond donors (Lipinski definition) is 0. The Morgan fingerprint density at radius 3 is 3.00 bits per heavy atom. The smallest absolute Gasteiger partial charge is 0.160 e. The van der Waals surface area contributed by atoms with Crippen LogP contribution < -0.4 is 0 Å². The number of alkyl halides is 1. The molecule has 0 unspecified atom stereocenters. The molecule has 3 aromatic rings. The topological polar surface area (TPSA) is 43.6 Å². The highest BCUT2D eigenvalue weighted by Gasteiger charge is 2.12. The van der Waals surface area contributed by atoms with Gasteiger partial charge in [0.25, 0.3) is 0 Å². The number of thiazole rings is 1. The van der Waals surface area contributed by atoms with E-state index in [1.165, 1.54) is 4.88 Å². The van der Waals surface area contributed by atoms with E-state index in [9.17, 15) is 0 Å². The second-order valence-electron chi connectivity index (χ2n) is 4.07. The van der Waals surface area contributed by atoms with Gasteiger partial charge in [-0.3, -0.25) is 4.98 Å². The lowest BCUT2D eigenvalue weighted by Gasteiger charge is -2.04. The third-order valence-corrected chi connectivity index (χ3v) is 3.72. The van der Waals surface area contributed by atoms with E-state index in [0.29, 0.717) is 5.88 Å². The Labute approximate surface area is 113 Å². The summed E-state index contributed by atoms with van der Waals surface area (Å²) in [6, 6.07) is 2.03. The van der Waals surface area contributed by atoms with Crippen LogP contribution in [0.2, 0.25) is 0 Å². The van der Waals surface area contributed by atoms with Crippen LogP contribution in [0.5, 0.6) is 0 Å². The zero-order valence-corrected chi connectivity index (χ0v) is 11.4. The molecule has 3 rings (SSSR count). The second kappa shape index (κ2) is 4.66. The minimum absolute atomic E-state index is 0.383. The maximum Gasteiger partial charge on any atom is 0.160 e. The predicted molar refractivity (Wildman–Crippen MR) is 73.0 cm³/mol. The molecule has 0 spiro atoms. The van der Waals surface area contributed by atoms with Crippen molar-refractivity contribution in [2.24, 2.45) is 0 Å². The summed E-state index contributed by atoms with van der Waals surface area (Å²) in [4.78, 5) is 14.2. The fourth-order valence-electron chi connectivity index (χ4n) is 1.90. The van der Waals surface area contributed by atoms with E-state index >= 15 is 0 Å². The summed E-state index contributed by atoms with van der Waals surface area (Å²) in [6.07, 6.45) is 3.72. The van der Waals surface area contributed by atoms with Gasteiger partial charge in [0, 0.05) is 17.3 Å². The number of pyridine rings is 1. The highest BCUT2D eigenvalue weighted by atomic mass is 35.5. The first-order chi connectivity index (χ1) is 8.78. The molecule has 0 radical (unpaired) electrons. The van der Waals surface area contributed by atoms with Gasteiger partial charge < -0.3 is 4.57 Å². The lowest BCUT2D eigenvalue weighted by atomic mass is 10.3. The summed E-state index contributed by atoms with van der Waals surface area (Å²) < 4.78 is 2.05. The molecule has 6 heteroatoms. The van der Waals surface area contributed by atoms with Crippen LogP contribution in [-0.2, 0) is 12.4 Å². The minimum Gasteiger partial charge on any atom is -0.306 e. The highest BCUT2D eigenvalue weighted by molar-refractivity contribution is 7.09. The number of imidazole rings is 1. The number of aryl methyl sites for hydroxylation is 1. The number of nitrogens with zero attached hydrogens (tertiary/aromatic N) is 4. The van der Waals surface area contributed by atoms with Crippen molar-refractivity contribution >= 4 is 34.1 Å². The van der Waals surface area contributed by atoms with E-state index in [4.69, 9.17) is 11.6 Å². The van der Waals surface area contributed by atoms with E-state index in [1.54, 1.807) is 11.3 Å². The molecule has 0 aliphatic heterocycles. The summed E-state index contributed by atoms with van der Waals surface area (Å²) in [7, 11) is 0. The molecule has 0 fully saturated rings. The average Bonchev–Trinajstić information content (AvgIpc) is 2.97. The lowest BCUT2D eigenvalue weighted by Crippen LogP contribution is -2.03. The van der Waals surface area contributed by atoms with E-state index in [2.05, 4.69) is 19.5 Å². The molecule has 0 amide bonds. The standard InChI is InChI=1S/C12H11ClN4S/c1-8-2-10-12(15-4-8)17(11(3-13)16-10)6-9-5-14-7-18-9/h2,4-5,7H,3,6H2,1H3. The van der Waals surface area contributed by atoms with E-state index in [0.717, 1.165) is 29.1 Å². The van der Waals surface area contributed by atoms with Crippen molar-refractivity contribution in [2.45, 2.75) is 19.3 Å². The monoisotopic (exact) mass is 278 g/mol. The maximum absolute atomic E-state index is 5.96. The Morgan fingerprint density at radius 2 is 2.28 bits per heavy atom. The quantitative estimate of drug-likeness (QED) is 0.692. The second-order valence-corrected chi connectivity index (χ2v) is 5.31. The SMILES string of the molecule is Cc1cnc2c(c1)nc(CCl)n2Cc1cncs1. The molecule has 4 nitrogen and oxygen atoms in total. The molecular weight excluding hydrogens is 268 g/mol. The molecule has 0 saturated carbocycles. The summed E-state index contributed by atoms with van der Waals surface area (Å²) in [5, 5.41) is 0. The molecule has 0 aliphatic rings. The first kappa shape index (κ1) is 11.6. The number of rotatable bonds is 3. The largest absolute Gasteiger partial charge is 0.306 e. The Bertz CT molecular complexity index is 675. The molecule has 92 valence electrons. The third kappa shape index (κ3) is 2.00. The van der Waals surface area contributed by atoms with Crippen molar-refractivity contribution in [3.8, 4) is 0 Å². The van der Waals surface area contributed by atoms with Crippen molar-refractivity contribution < 1.29 is 0 Å². The van der Waals surface area contributed by atoms with Gasteiger partial charge in [-0.25, -0.2) is 9.97 Å². The molecule has 0 bridgehead atoms. The van der Waals surface area contributed by atoms with Gasteiger partial charge in [0.1, 0.15) is 11.3 Å². The van der Waals surface area contributed by atoms with Crippen molar-refractivity contribution in [3.63, 3.8) is 0 Å². The van der Waals surface area contributed by atoms with Crippen LogP contribution in [0.15, 0.2) is 24.0 Å². The van der Waals surface area contributed by atoms with Crippen LogP contribution in [0.25, 0.3) is 11.2 Å². The normalized spacial score (nSPS) is 11.2. The van der Waals surface area contributed by atoms with Gasteiger partial charge in [0.05, 0.1) is 17.9 Å². The fraction of sp³-hybridized carbons (Fsp3) is 0.250. The fourth-order valence-corrected chi connectivity index (χ4v) is 2.69. The zero-order chi connectivity index (χ0) is 12.5. The molecule has 0 aromatic carbocycles. The number of halogens is 1. The highest BCUT2D eigenvalue weighted by Crippen LogP contribution is 2.19. The van der Waals surface area contributed by atoms with Gasteiger partial charge >= 0.3 is 0 Å². The summed E-state index contributed by atoms with van der Waals surface area (Å²) >= 11 is 7.58. The summed E-state index contributed by atoms with van der Waals surface area (Å²) in [6.45, 7) is 2.73. The Kier molecular flexibility index (Phi) is 3.01. The van der Waals surface area contributed by atoms with Crippen molar-refractivity contribution in [2.75, 3.05) is 0 Å². The van der Waals surface area contributed by atoms with Crippen LogP contribution in [0.4, 0.5) is 0 Å². The lowest BCUT2D eigenvalue weighted by molar-refractivity contribution is 0.779. The Morgan fingerprint density at radius 1 is 1.39 bits per heavy atom. The number of fused-ring (bicyclic) bond motifs is 1. The van der Waals surface area contributed by atoms with Crippen LogP contribution in [0.3, 0.4) is 0 Å². The minimum atomic E-state index is 0.383. The van der Waals surface area contributed by atoms with Gasteiger partial charge in [-0.05, 0) is 18.6 Å². The van der Waals surface area contributed by atoms with Crippen LogP contribution in [0, 0.1) is 6.92 Å². The molecule has 18 heavy (non-hydrogen) atoms. The van der Waals surface area contributed by atoms with Crippen molar-refractivity contribution in [3.05, 3.63) is 40.2 Å². The van der Waals surface area contributed by atoms with Gasteiger partial charge in [-0.2, -0.15) is 0 Å². The molecule has 0 aliphatic carbocycles. The van der Waals surface area contributed by atoms with Crippen molar-refractivity contribution in [1.82, 2.24) is 19.5 Å². The van der Waals surface area contributed by atoms with Gasteiger partial charge in [-0.15, -0.1) is 22.9 Å².